The lowest BCUT2D eigenvalue weighted by Gasteiger charge is -2.33. The van der Waals surface area contributed by atoms with Gasteiger partial charge in [-0.15, -0.1) is 6.58 Å². The number of aromatic nitrogens is 4. The maximum Gasteiger partial charge on any atom is 0.414 e. The molecule has 3 aromatic rings. The number of carbonyl (C=O) groups is 1. The molecule has 0 aliphatic rings. The number of nitrogens with one attached hydrogen (secondary N) is 1. The Labute approximate surface area is 213 Å². The van der Waals surface area contributed by atoms with Gasteiger partial charge in [-0.2, -0.15) is 26.3 Å². The van der Waals surface area contributed by atoms with E-state index in [0.717, 1.165) is 18.3 Å². The molecule has 2 amide bonds. The zero-order valence-electron chi connectivity index (χ0n) is 20.5. The number of rotatable bonds is 9. The number of amides is 2. The van der Waals surface area contributed by atoms with Crippen LogP contribution in [-0.2, 0) is 0 Å². The molecule has 0 radical (unpaired) electrons. The van der Waals surface area contributed by atoms with Gasteiger partial charge in [-0.3, -0.25) is 4.98 Å². The number of hydrogen-bond acceptors (Lipinski definition) is 6. The fourth-order valence-electron chi connectivity index (χ4n) is 3.76. The van der Waals surface area contributed by atoms with Crippen LogP contribution in [0.25, 0.3) is 16.9 Å². The van der Waals surface area contributed by atoms with Crippen molar-refractivity contribution in [2.24, 2.45) is 0 Å². The van der Waals surface area contributed by atoms with E-state index in [1.54, 1.807) is 11.5 Å². The summed E-state index contributed by atoms with van der Waals surface area (Å²) in [5.41, 5.74) is -0.115. The first-order valence-electron chi connectivity index (χ1n) is 11.1. The second kappa shape index (κ2) is 11.1. The lowest BCUT2D eigenvalue weighted by molar-refractivity contribution is -0.180. The molecule has 2 atom stereocenters. The molecular weight excluding hydrogens is 522 g/mol. The monoisotopic (exact) mass is 546 g/mol. The first-order chi connectivity index (χ1) is 17.8. The van der Waals surface area contributed by atoms with Gasteiger partial charge in [0.2, 0.25) is 0 Å². The number of carbonyl (C=O) groups excluding carboxylic acids is 1. The van der Waals surface area contributed by atoms with Crippen molar-refractivity contribution in [1.82, 2.24) is 29.6 Å². The van der Waals surface area contributed by atoms with Crippen molar-refractivity contribution in [3.63, 3.8) is 0 Å². The molecule has 0 spiro atoms. The lowest BCUT2D eigenvalue weighted by atomic mass is 10.1. The van der Waals surface area contributed by atoms with E-state index in [0.29, 0.717) is 5.65 Å². The Morgan fingerprint density at radius 1 is 1.18 bits per heavy atom. The van der Waals surface area contributed by atoms with Crippen molar-refractivity contribution in [2.75, 3.05) is 20.8 Å². The highest BCUT2D eigenvalue weighted by atomic mass is 19.4. The highest BCUT2D eigenvalue weighted by Gasteiger charge is 2.49. The Hall–Kier alpha value is -4.04. The molecule has 0 aromatic carbocycles. The van der Waals surface area contributed by atoms with E-state index in [1.807, 2.05) is 0 Å². The third kappa shape index (κ3) is 5.92. The quantitative estimate of drug-likeness (QED) is 0.302. The molecule has 3 aromatic heterocycles. The van der Waals surface area contributed by atoms with E-state index in [4.69, 9.17) is 9.47 Å². The van der Waals surface area contributed by atoms with Crippen LogP contribution >= 0.6 is 0 Å². The SMILES string of the molecule is C=CCC(NC(=O)N(CC)C(c1cc(-c2cn3ccnc3c(OC)n2)c(OC)cn1)C(F)(F)F)C(F)(F)F. The smallest absolute Gasteiger partial charge is 0.414 e. The third-order valence-electron chi connectivity index (χ3n) is 5.52. The highest BCUT2D eigenvalue weighted by molar-refractivity contribution is 5.76. The van der Waals surface area contributed by atoms with E-state index in [9.17, 15) is 31.1 Å². The number of methoxy groups -OCH3 is 2. The van der Waals surface area contributed by atoms with E-state index >= 15 is 0 Å². The summed E-state index contributed by atoms with van der Waals surface area (Å²) in [5, 5.41) is 1.63. The van der Waals surface area contributed by atoms with Gasteiger partial charge < -0.3 is 24.1 Å². The number of alkyl halides is 6. The predicted octanol–water partition coefficient (Wildman–Crippen LogP) is 4.95. The maximum absolute atomic E-state index is 14.3. The Morgan fingerprint density at radius 3 is 2.45 bits per heavy atom. The van der Waals surface area contributed by atoms with Gasteiger partial charge in [-0.25, -0.2) is 14.8 Å². The summed E-state index contributed by atoms with van der Waals surface area (Å²) in [6, 6.07) is -5.66. The second-order valence-electron chi connectivity index (χ2n) is 7.90. The fraction of sp³-hybridized carbons (Fsp3) is 0.391. The Balaban J connectivity index is 2.11. The first-order valence-corrected chi connectivity index (χ1v) is 11.1. The van der Waals surface area contributed by atoms with Crippen molar-refractivity contribution in [3.8, 4) is 22.9 Å². The van der Waals surface area contributed by atoms with Crippen LogP contribution in [0.1, 0.15) is 25.1 Å². The number of urea groups is 1. The predicted molar refractivity (Wildman–Crippen MR) is 124 cm³/mol. The number of nitrogens with zero attached hydrogens (tertiary/aromatic N) is 5. The normalized spacial score (nSPS) is 13.6. The average Bonchev–Trinajstić information content (AvgIpc) is 3.33. The molecule has 0 aliphatic carbocycles. The van der Waals surface area contributed by atoms with Crippen LogP contribution in [0.2, 0.25) is 0 Å². The number of imidazole rings is 1. The van der Waals surface area contributed by atoms with Gasteiger partial charge in [0.1, 0.15) is 11.8 Å². The van der Waals surface area contributed by atoms with Gasteiger partial charge in [0.15, 0.2) is 11.7 Å². The Morgan fingerprint density at radius 2 is 1.89 bits per heavy atom. The minimum atomic E-state index is -5.10. The molecule has 0 fully saturated rings. The van der Waals surface area contributed by atoms with Crippen LogP contribution in [0.3, 0.4) is 0 Å². The number of halogens is 6. The molecule has 38 heavy (non-hydrogen) atoms. The standard InChI is InChI=1S/C23H24F6N6O3/c1-5-7-17(22(24,25)26)33-21(36)35(6-2)18(23(27,28)29)14-10-13(16(37-3)11-31-14)15-12-34-9-8-30-19(34)20(32-15)38-4/h5,8-12,17-18H,1,6-7H2,2-4H3,(H,33,36). The minimum absolute atomic E-state index is 0.0549. The van der Waals surface area contributed by atoms with Crippen molar-refractivity contribution in [2.45, 2.75) is 37.8 Å². The number of fused-ring (bicyclic) bond motifs is 1. The van der Waals surface area contributed by atoms with Gasteiger partial charge in [0.25, 0.3) is 5.88 Å². The molecule has 1 N–H and O–H groups in total. The molecule has 0 bridgehead atoms. The summed E-state index contributed by atoms with van der Waals surface area (Å²) in [7, 11) is 2.62. The van der Waals surface area contributed by atoms with Crippen LogP contribution in [0.5, 0.6) is 11.6 Å². The molecule has 2 unspecified atom stereocenters. The largest absolute Gasteiger partial charge is 0.494 e. The Bertz CT molecular complexity index is 1290. The molecule has 3 rings (SSSR count). The summed E-state index contributed by atoms with van der Waals surface area (Å²) in [4.78, 5) is 25.2. The topological polar surface area (TPSA) is 93.9 Å². The molecule has 206 valence electrons. The van der Waals surface area contributed by atoms with Crippen molar-refractivity contribution in [3.05, 3.63) is 49.2 Å². The fourth-order valence-corrected chi connectivity index (χ4v) is 3.76. The van der Waals surface area contributed by atoms with Crippen molar-refractivity contribution in [1.29, 1.82) is 0 Å². The van der Waals surface area contributed by atoms with Crippen LogP contribution in [0.4, 0.5) is 31.1 Å². The average molecular weight is 546 g/mol. The highest BCUT2D eigenvalue weighted by Crippen LogP contribution is 2.40. The molecule has 0 aliphatic heterocycles. The third-order valence-corrected chi connectivity index (χ3v) is 5.52. The molecule has 9 nitrogen and oxygen atoms in total. The van der Waals surface area contributed by atoms with E-state index < -0.39 is 49.1 Å². The van der Waals surface area contributed by atoms with Crippen molar-refractivity contribution < 1.29 is 40.6 Å². The van der Waals surface area contributed by atoms with Gasteiger partial charge in [-0.1, -0.05) is 6.08 Å². The maximum atomic E-state index is 14.3. The number of ether oxygens (including phenoxy) is 2. The van der Waals surface area contributed by atoms with E-state index in [-0.39, 0.29) is 27.8 Å². The molecule has 3 heterocycles. The van der Waals surface area contributed by atoms with Gasteiger partial charge in [0.05, 0.1) is 31.8 Å². The zero-order valence-corrected chi connectivity index (χ0v) is 20.5. The summed E-state index contributed by atoms with van der Waals surface area (Å²) in [5.74, 6) is 0.134. The summed E-state index contributed by atoms with van der Waals surface area (Å²) < 4.78 is 95.0. The van der Waals surface area contributed by atoms with Crippen LogP contribution in [-0.4, -0.2) is 69.4 Å². The molecular formula is C23H24F6N6O3. The molecule has 0 saturated heterocycles. The number of pyridine rings is 1. The van der Waals surface area contributed by atoms with E-state index in [1.165, 1.54) is 37.9 Å². The first kappa shape index (κ1) is 28.5. The molecule has 15 heteroatoms. The van der Waals surface area contributed by atoms with Crippen molar-refractivity contribution >= 4 is 11.7 Å². The van der Waals surface area contributed by atoms with E-state index in [2.05, 4.69) is 21.5 Å². The van der Waals surface area contributed by atoms with Gasteiger partial charge in [-0.05, 0) is 19.4 Å². The second-order valence-corrected chi connectivity index (χ2v) is 7.90. The zero-order chi connectivity index (χ0) is 28.3. The van der Waals surface area contributed by atoms with Crippen LogP contribution in [0.15, 0.2) is 43.5 Å². The number of hydrogen-bond donors (Lipinski definition) is 1. The van der Waals surface area contributed by atoms with Crippen LogP contribution in [0, 0.1) is 0 Å². The van der Waals surface area contributed by atoms with Gasteiger partial charge in [0, 0.05) is 30.7 Å². The summed E-state index contributed by atoms with van der Waals surface area (Å²) in [6.45, 7) is 3.83. The molecule has 0 saturated carbocycles. The van der Waals surface area contributed by atoms with Crippen LogP contribution < -0.4 is 14.8 Å². The minimum Gasteiger partial charge on any atom is -0.494 e. The lowest BCUT2D eigenvalue weighted by Crippen LogP contribution is -2.53. The summed E-state index contributed by atoms with van der Waals surface area (Å²) in [6.07, 6.45) is -4.29. The summed E-state index contributed by atoms with van der Waals surface area (Å²) >= 11 is 0. The Kier molecular flexibility index (Phi) is 8.37. The van der Waals surface area contributed by atoms with Gasteiger partial charge >= 0.3 is 18.4 Å².